The number of aliphatic hydroxyl groups excluding tert-OH is 5. The molecule has 1 saturated heterocycles. The van der Waals surface area contributed by atoms with Gasteiger partial charge in [-0.05, 0) is 12.5 Å². The van der Waals surface area contributed by atoms with E-state index in [1.54, 1.807) is 6.08 Å². The molecule has 0 radical (unpaired) electrons. The van der Waals surface area contributed by atoms with Crippen LogP contribution in [0.4, 0.5) is 0 Å². The van der Waals surface area contributed by atoms with Crippen molar-refractivity contribution in [3.63, 3.8) is 0 Å². The Morgan fingerprint density at radius 1 is 1.15 bits per heavy atom. The number of hydrogen-bond donors (Lipinski definition) is 5. The van der Waals surface area contributed by atoms with Crippen LogP contribution in [0.5, 0.6) is 0 Å². The fraction of sp³-hybridized carbons (Fsp3) is 0.824. The van der Waals surface area contributed by atoms with Crippen molar-refractivity contribution in [1.29, 1.82) is 0 Å². The van der Waals surface area contributed by atoms with Crippen molar-refractivity contribution in [3.8, 4) is 0 Å². The second-order valence-electron chi connectivity index (χ2n) is 7.19. The Bertz CT molecular complexity index is 552. The van der Waals surface area contributed by atoms with Crippen LogP contribution < -0.4 is 0 Å². The average Bonchev–Trinajstić information content (AvgIpc) is 2.97. The number of aliphatic hydroxyl groups is 5. The molecule has 2 fully saturated rings. The fourth-order valence-electron chi connectivity index (χ4n) is 4.00. The summed E-state index contributed by atoms with van der Waals surface area (Å²) in [7, 11) is 0. The van der Waals surface area contributed by atoms with Gasteiger partial charge in [-0.15, -0.1) is 0 Å². The smallest absolute Gasteiger partial charge is 0.302 e. The minimum absolute atomic E-state index is 0.0826. The van der Waals surface area contributed by atoms with Crippen molar-refractivity contribution >= 4 is 5.97 Å². The van der Waals surface area contributed by atoms with Crippen LogP contribution in [-0.4, -0.2) is 87.8 Å². The predicted octanol–water partition coefficient (Wildman–Crippen LogP) is -2.15. The Morgan fingerprint density at radius 2 is 1.89 bits per heavy atom. The van der Waals surface area contributed by atoms with E-state index in [0.29, 0.717) is 6.42 Å². The molecule has 0 aromatic carbocycles. The summed E-state index contributed by atoms with van der Waals surface area (Å²) in [6.45, 7) is 0.803. The Hall–Kier alpha value is -1.27. The molecule has 0 bridgehead atoms. The zero-order chi connectivity index (χ0) is 19.7. The molecule has 27 heavy (non-hydrogen) atoms. The van der Waals surface area contributed by atoms with E-state index < -0.39 is 55.7 Å². The first kappa shape index (κ1) is 20.5. The van der Waals surface area contributed by atoms with E-state index >= 15 is 0 Å². The molecule has 1 saturated carbocycles. The summed E-state index contributed by atoms with van der Waals surface area (Å²) in [5.41, 5.74) is 0. The van der Waals surface area contributed by atoms with Gasteiger partial charge in [0.15, 0.2) is 6.29 Å². The SMILES string of the molecule is CC(=O)OCC1CC(O)C2C=COC(OC3OC(CO)C(O)C(O)C3O)C12. The molecule has 3 aliphatic rings. The third-order valence-electron chi connectivity index (χ3n) is 5.42. The number of fused-ring (bicyclic) bond motifs is 1. The lowest BCUT2D eigenvalue weighted by Crippen LogP contribution is -2.60. The summed E-state index contributed by atoms with van der Waals surface area (Å²) in [4.78, 5) is 11.1. The van der Waals surface area contributed by atoms with Gasteiger partial charge in [-0.3, -0.25) is 4.79 Å². The minimum Gasteiger partial charge on any atom is -0.472 e. The number of ether oxygens (including phenoxy) is 4. The largest absolute Gasteiger partial charge is 0.472 e. The summed E-state index contributed by atoms with van der Waals surface area (Å²) in [5, 5.41) is 49.5. The van der Waals surface area contributed by atoms with Gasteiger partial charge in [-0.2, -0.15) is 0 Å². The van der Waals surface area contributed by atoms with Crippen LogP contribution in [0.25, 0.3) is 0 Å². The van der Waals surface area contributed by atoms with Crippen molar-refractivity contribution in [1.82, 2.24) is 0 Å². The summed E-state index contributed by atoms with van der Waals surface area (Å²) < 4.78 is 21.7. The zero-order valence-corrected chi connectivity index (χ0v) is 14.8. The highest BCUT2D eigenvalue weighted by Gasteiger charge is 2.51. The van der Waals surface area contributed by atoms with Crippen LogP contribution in [0.3, 0.4) is 0 Å². The molecule has 0 aromatic heterocycles. The first-order valence-corrected chi connectivity index (χ1v) is 8.93. The number of carbonyl (C=O) groups excluding carboxylic acids is 1. The van der Waals surface area contributed by atoms with Crippen molar-refractivity contribution < 1.29 is 49.3 Å². The fourth-order valence-corrected chi connectivity index (χ4v) is 4.00. The standard InChI is InChI=1S/C17H26O10/c1-7(19)25-6-8-4-10(20)9-2-3-24-16(12(8)9)27-17-15(23)14(22)13(21)11(5-18)26-17/h2-3,8-18,20-23H,4-6H2,1H3. The molecular weight excluding hydrogens is 364 g/mol. The van der Waals surface area contributed by atoms with Gasteiger partial charge in [0.2, 0.25) is 6.29 Å². The van der Waals surface area contributed by atoms with Crippen molar-refractivity contribution in [2.24, 2.45) is 17.8 Å². The molecule has 2 aliphatic heterocycles. The predicted molar refractivity (Wildman–Crippen MR) is 86.6 cm³/mol. The van der Waals surface area contributed by atoms with Crippen LogP contribution in [-0.2, 0) is 23.7 Å². The molecule has 0 amide bonds. The van der Waals surface area contributed by atoms with Gasteiger partial charge in [0.25, 0.3) is 0 Å². The molecule has 5 N–H and O–H groups in total. The van der Waals surface area contributed by atoms with Crippen LogP contribution in [0.1, 0.15) is 13.3 Å². The molecule has 10 nitrogen and oxygen atoms in total. The van der Waals surface area contributed by atoms with E-state index in [0.717, 1.165) is 0 Å². The maximum absolute atomic E-state index is 11.1. The van der Waals surface area contributed by atoms with Crippen LogP contribution in [0.2, 0.25) is 0 Å². The number of rotatable bonds is 5. The second kappa shape index (κ2) is 8.39. The average molecular weight is 390 g/mol. The topological polar surface area (TPSA) is 155 Å². The van der Waals surface area contributed by atoms with Crippen LogP contribution in [0.15, 0.2) is 12.3 Å². The van der Waals surface area contributed by atoms with Gasteiger partial charge in [0.1, 0.15) is 24.4 Å². The summed E-state index contributed by atoms with van der Waals surface area (Å²) in [6, 6.07) is 0. The summed E-state index contributed by atoms with van der Waals surface area (Å²) in [5.74, 6) is -1.36. The Morgan fingerprint density at radius 3 is 2.56 bits per heavy atom. The van der Waals surface area contributed by atoms with Crippen LogP contribution >= 0.6 is 0 Å². The highest BCUT2D eigenvalue weighted by Crippen LogP contribution is 2.44. The molecule has 1 aliphatic carbocycles. The second-order valence-corrected chi connectivity index (χ2v) is 7.19. The van der Waals surface area contributed by atoms with Gasteiger partial charge >= 0.3 is 5.97 Å². The maximum atomic E-state index is 11.1. The summed E-state index contributed by atoms with van der Waals surface area (Å²) in [6.07, 6.45) is -5.23. The first-order valence-electron chi connectivity index (χ1n) is 8.93. The van der Waals surface area contributed by atoms with E-state index in [9.17, 15) is 30.3 Å². The molecule has 0 spiro atoms. The van der Waals surface area contributed by atoms with Gasteiger partial charge in [-0.25, -0.2) is 0 Å². The van der Waals surface area contributed by atoms with Gasteiger partial charge in [0.05, 0.1) is 25.6 Å². The third-order valence-corrected chi connectivity index (χ3v) is 5.42. The Balaban J connectivity index is 1.73. The molecule has 154 valence electrons. The molecule has 0 aromatic rings. The zero-order valence-electron chi connectivity index (χ0n) is 14.8. The number of esters is 1. The van der Waals surface area contributed by atoms with Crippen molar-refractivity contribution in [2.75, 3.05) is 13.2 Å². The van der Waals surface area contributed by atoms with E-state index in [2.05, 4.69) is 0 Å². The van der Waals surface area contributed by atoms with E-state index in [1.807, 2.05) is 0 Å². The third kappa shape index (κ3) is 4.11. The van der Waals surface area contributed by atoms with E-state index in [4.69, 9.17) is 18.9 Å². The van der Waals surface area contributed by atoms with Gasteiger partial charge < -0.3 is 44.5 Å². The molecular formula is C17H26O10. The monoisotopic (exact) mass is 390 g/mol. The van der Waals surface area contributed by atoms with Crippen molar-refractivity contribution in [3.05, 3.63) is 12.3 Å². The number of carbonyl (C=O) groups is 1. The first-order chi connectivity index (χ1) is 12.8. The molecule has 10 heteroatoms. The highest BCUT2D eigenvalue weighted by atomic mass is 16.8. The van der Waals surface area contributed by atoms with Gasteiger partial charge in [0, 0.05) is 24.7 Å². The Kier molecular flexibility index (Phi) is 6.36. The lowest BCUT2D eigenvalue weighted by molar-refractivity contribution is -0.342. The van der Waals surface area contributed by atoms with Crippen molar-refractivity contribution in [2.45, 2.75) is 56.4 Å². The van der Waals surface area contributed by atoms with Crippen LogP contribution in [0, 0.1) is 17.8 Å². The Labute approximate surface area is 155 Å². The molecule has 10 atom stereocenters. The molecule has 2 heterocycles. The quantitative estimate of drug-likeness (QED) is 0.328. The summed E-state index contributed by atoms with van der Waals surface area (Å²) >= 11 is 0. The molecule has 10 unspecified atom stereocenters. The maximum Gasteiger partial charge on any atom is 0.302 e. The van der Waals surface area contributed by atoms with Gasteiger partial charge in [-0.1, -0.05) is 0 Å². The normalized spacial score (nSPS) is 46.6. The van der Waals surface area contributed by atoms with E-state index in [1.165, 1.54) is 13.2 Å². The highest BCUT2D eigenvalue weighted by molar-refractivity contribution is 5.65. The lowest BCUT2D eigenvalue weighted by Gasteiger charge is -2.42. The minimum atomic E-state index is -1.57. The van der Waals surface area contributed by atoms with E-state index in [-0.39, 0.29) is 24.4 Å². The lowest BCUT2D eigenvalue weighted by atomic mass is 9.87. The molecule has 3 rings (SSSR count). The number of hydrogen-bond acceptors (Lipinski definition) is 10.